The van der Waals surface area contributed by atoms with Crippen molar-refractivity contribution in [3.63, 3.8) is 0 Å². The van der Waals surface area contributed by atoms with Crippen molar-refractivity contribution < 1.29 is 28.5 Å². The molecule has 0 bridgehead atoms. The number of methoxy groups -OCH3 is 2. The monoisotopic (exact) mass is 472 g/mol. The number of benzene rings is 3. The Kier molecular flexibility index (Phi) is 8.85. The first-order valence-electron chi connectivity index (χ1n) is 10.6. The molecule has 1 amide bonds. The van der Waals surface area contributed by atoms with Gasteiger partial charge in [0.15, 0.2) is 29.6 Å². The summed E-state index contributed by atoms with van der Waals surface area (Å²) in [5.74, 6) is 0.190. The molecule has 0 fully saturated rings. The van der Waals surface area contributed by atoms with Crippen molar-refractivity contribution in [1.29, 1.82) is 5.26 Å². The van der Waals surface area contributed by atoms with Gasteiger partial charge >= 0.3 is 5.97 Å². The van der Waals surface area contributed by atoms with Crippen molar-refractivity contribution >= 4 is 18.0 Å². The predicted molar refractivity (Wildman–Crippen MR) is 129 cm³/mol. The summed E-state index contributed by atoms with van der Waals surface area (Å²) < 4.78 is 21.3. The van der Waals surface area contributed by atoms with Gasteiger partial charge in [-0.25, -0.2) is 4.79 Å². The molecule has 0 saturated heterocycles. The Morgan fingerprint density at radius 3 is 2.26 bits per heavy atom. The van der Waals surface area contributed by atoms with Crippen LogP contribution < -0.4 is 24.3 Å². The normalized spacial score (nSPS) is 10.6. The summed E-state index contributed by atoms with van der Waals surface area (Å²) in [4.78, 5) is 24.7. The molecule has 178 valence electrons. The molecule has 3 aromatic rings. The van der Waals surface area contributed by atoms with Crippen LogP contribution in [0.4, 0.5) is 0 Å². The second kappa shape index (κ2) is 12.5. The molecule has 0 heterocycles. The minimum absolute atomic E-state index is 0.0714. The highest BCUT2D eigenvalue weighted by Gasteiger charge is 2.14. The first-order valence-corrected chi connectivity index (χ1v) is 10.6. The predicted octanol–water partition coefficient (Wildman–Crippen LogP) is 3.91. The number of nitrogens with zero attached hydrogens (tertiary/aromatic N) is 1. The van der Waals surface area contributed by atoms with Gasteiger partial charge in [-0.3, -0.25) is 4.79 Å². The van der Waals surface area contributed by atoms with Crippen LogP contribution in [0.25, 0.3) is 6.08 Å². The molecule has 1 N–H and O–H groups in total. The van der Waals surface area contributed by atoms with E-state index in [4.69, 9.17) is 18.9 Å². The van der Waals surface area contributed by atoms with Gasteiger partial charge in [-0.05, 0) is 41.5 Å². The van der Waals surface area contributed by atoms with Crippen molar-refractivity contribution in [1.82, 2.24) is 5.32 Å². The van der Waals surface area contributed by atoms with Gasteiger partial charge in [0.2, 0.25) is 0 Å². The van der Waals surface area contributed by atoms with E-state index < -0.39 is 11.9 Å². The lowest BCUT2D eigenvalue weighted by atomic mass is 10.1. The quantitative estimate of drug-likeness (QED) is 0.206. The summed E-state index contributed by atoms with van der Waals surface area (Å²) in [7, 11) is 2.93. The minimum Gasteiger partial charge on any atom is -0.493 e. The third kappa shape index (κ3) is 7.11. The second-order valence-electron chi connectivity index (χ2n) is 7.16. The second-order valence-corrected chi connectivity index (χ2v) is 7.16. The molecule has 35 heavy (non-hydrogen) atoms. The molecular weight excluding hydrogens is 448 g/mol. The van der Waals surface area contributed by atoms with Gasteiger partial charge in [-0.1, -0.05) is 48.5 Å². The first kappa shape index (κ1) is 24.9. The fraction of sp³-hybridized carbons (Fsp3) is 0.148. The van der Waals surface area contributed by atoms with Crippen molar-refractivity contribution in [3.8, 4) is 29.1 Å². The number of carbonyl (C=O) groups excluding carboxylic acids is 2. The summed E-state index contributed by atoms with van der Waals surface area (Å²) in [5.41, 5.74) is 1.37. The topological polar surface area (TPSA) is 107 Å². The number of hydrogen-bond acceptors (Lipinski definition) is 7. The third-order valence-electron chi connectivity index (χ3n) is 4.80. The molecule has 8 nitrogen and oxygen atoms in total. The lowest BCUT2D eigenvalue weighted by Gasteiger charge is -2.12. The van der Waals surface area contributed by atoms with E-state index in [1.165, 1.54) is 26.4 Å². The smallest absolute Gasteiger partial charge is 0.349 e. The molecule has 0 spiro atoms. The summed E-state index contributed by atoms with van der Waals surface area (Å²) >= 11 is 0. The van der Waals surface area contributed by atoms with Crippen LogP contribution in [0, 0.1) is 11.3 Å². The SMILES string of the molecule is COc1ccccc1OCC(=O)Oc1ccc(/C=C(\C#N)C(=O)NCc2ccccc2)cc1OC. The Labute approximate surface area is 203 Å². The van der Waals surface area contributed by atoms with Gasteiger partial charge in [-0.15, -0.1) is 0 Å². The van der Waals surface area contributed by atoms with Crippen LogP contribution in [0.15, 0.2) is 78.4 Å². The lowest BCUT2D eigenvalue weighted by Crippen LogP contribution is -2.23. The van der Waals surface area contributed by atoms with Crippen LogP contribution in [0.1, 0.15) is 11.1 Å². The number of hydrogen-bond donors (Lipinski definition) is 1. The van der Waals surface area contributed by atoms with Crippen LogP contribution in [-0.2, 0) is 16.1 Å². The van der Waals surface area contributed by atoms with Gasteiger partial charge in [0.1, 0.15) is 11.6 Å². The number of rotatable bonds is 10. The van der Waals surface area contributed by atoms with Gasteiger partial charge in [-0.2, -0.15) is 5.26 Å². The van der Waals surface area contributed by atoms with Crippen LogP contribution >= 0.6 is 0 Å². The molecule has 0 aliphatic heterocycles. The molecule has 0 radical (unpaired) electrons. The molecular formula is C27H24N2O6. The minimum atomic E-state index is -0.643. The lowest BCUT2D eigenvalue weighted by molar-refractivity contribution is -0.136. The van der Waals surface area contributed by atoms with Crippen LogP contribution in [0.3, 0.4) is 0 Å². The van der Waals surface area contributed by atoms with Crippen LogP contribution in [0.2, 0.25) is 0 Å². The number of nitriles is 1. The Balaban J connectivity index is 1.65. The van der Waals surface area contributed by atoms with Crippen LogP contribution in [-0.4, -0.2) is 32.7 Å². The highest BCUT2D eigenvalue weighted by molar-refractivity contribution is 6.01. The van der Waals surface area contributed by atoms with Crippen LogP contribution in [0.5, 0.6) is 23.0 Å². The summed E-state index contributed by atoms with van der Waals surface area (Å²) in [5, 5.41) is 12.2. The molecule has 0 aliphatic rings. The molecule has 0 saturated carbocycles. The first-order chi connectivity index (χ1) is 17.0. The summed E-state index contributed by atoms with van der Waals surface area (Å²) in [6.07, 6.45) is 1.43. The Hall–Kier alpha value is -4.77. The third-order valence-corrected chi connectivity index (χ3v) is 4.80. The van der Waals surface area contributed by atoms with E-state index in [1.54, 1.807) is 36.4 Å². The molecule has 8 heteroatoms. The summed E-state index contributed by atoms with van der Waals surface area (Å²) in [6, 6.07) is 22.9. The Morgan fingerprint density at radius 1 is 0.886 bits per heavy atom. The largest absolute Gasteiger partial charge is 0.493 e. The molecule has 0 atom stereocenters. The maximum atomic E-state index is 12.4. The van der Waals surface area contributed by atoms with Gasteiger partial charge in [0, 0.05) is 6.54 Å². The average molecular weight is 472 g/mol. The Bertz CT molecular complexity index is 1250. The number of ether oxygens (including phenoxy) is 4. The fourth-order valence-corrected chi connectivity index (χ4v) is 3.07. The van der Waals surface area contributed by atoms with Crippen molar-refractivity contribution in [2.45, 2.75) is 6.54 Å². The summed E-state index contributed by atoms with van der Waals surface area (Å²) in [6.45, 7) is -0.0425. The van der Waals surface area contributed by atoms with Gasteiger partial charge in [0.05, 0.1) is 14.2 Å². The standard InChI is InChI=1S/C27H24N2O6/c1-32-22-10-6-7-11-23(22)34-18-26(30)35-24-13-12-20(15-25(24)33-2)14-21(16-28)27(31)29-17-19-8-4-3-5-9-19/h3-15H,17-18H2,1-2H3,(H,29,31)/b21-14+. The number of amides is 1. The van der Waals surface area contributed by atoms with Gasteiger partial charge in [0.25, 0.3) is 5.91 Å². The van der Waals surface area contributed by atoms with Crippen molar-refractivity contribution in [2.75, 3.05) is 20.8 Å². The average Bonchev–Trinajstić information content (AvgIpc) is 2.90. The molecule has 3 rings (SSSR count). The number of carbonyl (C=O) groups is 2. The molecule has 0 unspecified atom stereocenters. The van der Waals surface area contributed by atoms with E-state index in [9.17, 15) is 14.9 Å². The molecule has 0 aromatic heterocycles. The highest BCUT2D eigenvalue weighted by Crippen LogP contribution is 2.30. The maximum Gasteiger partial charge on any atom is 0.349 e. The highest BCUT2D eigenvalue weighted by atomic mass is 16.6. The zero-order chi connectivity index (χ0) is 25.0. The van der Waals surface area contributed by atoms with Gasteiger partial charge < -0.3 is 24.3 Å². The van der Waals surface area contributed by atoms with E-state index >= 15 is 0 Å². The van der Waals surface area contributed by atoms with E-state index in [2.05, 4.69) is 5.32 Å². The van der Waals surface area contributed by atoms with E-state index in [-0.39, 0.29) is 23.7 Å². The number of esters is 1. The van der Waals surface area contributed by atoms with E-state index in [0.717, 1.165) is 5.56 Å². The van der Waals surface area contributed by atoms with Crippen molar-refractivity contribution in [3.05, 3.63) is 89.5 Å². The van der Waals surface area contributed by atoms with E-state index in [1.807, 2.05) is 36.4 Å². The fourth-order valence-electron chi connectivity index (χ4n) is 3.07. The Morgan fingerprint density at radius 2 is 1.57 bits per heavy atom. The van der Waals surface area contributed by atoms with E-state index in [0.29, 0.717) is 23.6 Å². The number of nitrogens with one attached hydrogen (secondary N) is 1. The maximum absolute atomic E-state index is 12.4. The zero-order valence-electron chi connectivity index (χ0n) is 19.3. The number of para-hydroxylation sites is 2. The molecule has 3 aromatic carbocycles. The zero-order valence-corrected chi connectivity index (χ0v) is 19.3. The van der Waals surface area contributed by atoms with Crippen molar-refractivity contribution in [2.24, 2.45) is 0 Å². The molecule has 0 aliphatic carbocycles.